The number of anilines is 1. The van der Waals surface area contributed by atoms with Gasteiger partial charge in [-0.1, -0.05) is 23.7 Å². The predicted octanol–water partition coefficient (Wildman–Crippen LogP) is 4.96. The Labute approximate surface area is 192 Å². The summed E-state index contributed by atoms with van der Waals surface area (Å²) in [6.45, 7) is 0. The summed E-state index contributed by atoms with van der Waals surface area (Å²) in [6, 6.07) is 16.7. The topological polar surface area (TPSA) is 121 Å². The molecule has 0 aliphatic carbocycles. The molecule has 9 heteroatoms. The van der Waals surface area contributed by atoms with Crippen LogP contribution in [0.5, 0.6) is 0 Å². The van der Waals surface area contributed by atoms with Gasteiger partial charge < -0.3 is 15.5 Å². The molecule has 0 aliphatic rings. The SMILES string of the molecule is O=C(O)c1ccc(C(=O)Nc2ccc(SCC(=O)c3ccccc3Cl)cc2)c(C(=O)O)c1. The van der Waals surface area contributed by atoms with Gasteiger partial charge in [0.25, 0.3) is 5.91 Å². The van der Waals surface area contributed by atoms with Crippen LogP contribution in [0.25, 0.3) is 0 Å². The molecule has 32 heavy (non-hydrogen) atoms. The maximum absolute atomic E-state index is 12.5. The van der Waals surface area contributed by atoms with Crippen molar-refractivity contribution in [3.8, 4) is 0 Å². The highest BCUT2D eigenvalue weighted by atomic mass is 35.5. The molecule has 0 aliphatic heterocycles. The van der Waals surface area contributed by atoms with Crippen molar-refractivity contribution in [2.45, 2.75) is 4.90 Å². The molecular formula is C23H16ClNO6S. The second-order valence-corrected chi connectivity index (χ2v) is 8.00. The average molecular weight is 470 g/mol. The number of hydrogen-bond acceptors (Lipinski definition) is 5. The molecule has 1 amide bonds. The molecule has 0 radical (unpaired) electrons. The fourth-order valence-electron chi connectivity index (χ4n) is 2.80. The number of aromatic carboxylic acids is 2. The number of carbonyl (C=O) groups excluding carboxylic acids is 2. The van der Waals surface area contributed by atoms with Crippen molar-refractivity contribution in [2.24, 2.45) is 0 Å². The van der Waals surface area contributed by atoms with Crippen LogP contribution in [0.4, 0.5) is 5.69 Å². The van der Waals surface area contributed by atoms with Crippen LogP contribution in [0.1, 0.15) is 41.4 Å². The average Bonchev–Trinajstić information content (AvgIpc) is 2.78. The Morgan fingerprint density at radius 2 is 1.50 bits per heavy atom. The van der Waals surface area contributed by atoms with Crippen molar-refractivity contribution in [2.75, 3.05) is 11.1 Å². The Bertz CT molecular complexity index is 1210. The molecule has 3 rings (SSSR count). The minimum Gasteiger partial charge on any atom is -0.478 e. The highest BCUT2D eigenvalue weighted by molar-refractivity contribution is 8.00. The van der Waals surface area contributed by atoms with E-state index in [0.717, 1.165) is 17.0 Å². The fraction of sp³-hybridized carbons (Fsp3) is 0.0435. The number of rotatable bonds is 8. The lowest BCUT2D eigenvalue weighted by atomic mass is 10.0. The Morgan fingerprint density at radius 1 is 0.812 bits per heavy atom. The first-order valence-corrected chi connectivity index (χ1v) is 10.5. The second-order valence-electron chi connectivity index (χ2n) is 6.54. The molecule has 0 fully saturated rings. The van der Waals surface area contributed by atoms with Crippen LogP contribution in [0.3, 0.4) is 0 Å². The third-order valence-electron chi connectivity index (χ3n) is 4.40. The van der Waals surface area contributed by atoms with Gasteiger partial charge in [-0.15, -0.1) is 11.8 Å². The summed E-state index contributed by atoms with van der Waals surface area (Å²) in [5.74, 6) is -3.31. The van der Waals surface area contributed by atoms with Gasteiger partial charge in [0.15, 0.2) is 5.78 Å². The maximum atomic E-state index is 12.5. The first-order valence-electron chi connectivity index (χ1n) is 9.19. The maximum Gasteiger partial charge on any atom is 0.336 e. The van der Waals surface area contributed by atoms with Gasteiger partial charge in [0.1, 0.15) is 0 Å². The number of hydrogen-bond donors (Lipinski definition) is 3. The zero-order valence-electron chi connectivity index (χ0n) is 16.4. The van der Waals surface area contributed by atoms with Crippen LogP contribution < -0.4 is 5.32 Å². The second kappa shape index (κ2) is 10.1. The molecule has 0 aromatic heterocycles. The summed E-state index contributed by atoms with van der Waals surface area (Å²) in [7, 11) is 0. The third kappa shape index (κ3) is 5.54. The zero-order valence-corrected chi connectivity index (χ0v) is 17.9. The third-order valence-corrected chi connectivity index (χ3v) is 5.74. The number of Topliss-reactive ketones (excluding diaryl/α,β-unsaturated/α-hetero) is 1. The summed E-state index contributed by atoms with van der Waals surface area (Å²) in [5.41, 5.74) is 0.0646. The lowest BCUT2D eigenvalue weighted by molar-refractivity contribution is 0.0692. The number of amides is 1. The van der Waals surface area contributed by atoms with Gasteiger partial charge in [-0.2, -0.15) is 0 Å². The van der Waals surface area contributed by atoms with E-state index < -0.39 is 23.4 Å². The van der Waals surface area contributed by atoms with Crippen molar-refractivity contribution in [3.63, 3.8) is 0 Å². The summed E-state index contributed by atoms with van der Waals surface area (Å²) in [5, 5.41) is 21.3. The monoisotopic (exact) mass is 469 g/mol. The van der Waals surface area contributed by atoms with E-state index in [2.05, 4.69) is 5.32 Å². The number of carboxylic acid groups (broad SMARTS) is 2. The molecular weight excluding hydrogens is 454 g/mol. The van der Waals surface area contributed by atoms with E-state index in [1.807, 2.05) is 0 Å². The number of ketones is 1. The van der Waals surface area contributed by atoms with Crippen LogP contribution in [0.2, 0.25) is 5.02 Å². The smallest absolute Gasteiger partial charge is 0.336 e. The number of thioether (sulfide) groups is 1. The van der Waals surface area contributed by atoms with Crippen molar-refractivity contribution >= 4 is 52.7 Å². The molecule has 0 atom stereocenters. The molecule has 162 valence electrons. The lowest BCUT2D eigenvalue weighted by Gasteiger charge is -2.09. The molecule has 0 spiro atoms. The standard InChI is InChI=1S/C23H16ClNO6S/c24-19-4-2-1-3-17(19)20(26)12-32-15-8-6-14(7-9-15)25-21(27)16-10-5-13(22(28)29)11-18(16)23(30)31/h1-11H,12H2,(H,25,27)(H,28,29)(H,30,31). The molecule has 3 aromatic carbocycles. The van der Waals surface area contributed by atoms with Crippen molar-refractivity contribution in [1.82, 2.24) is 0 Å². The number of halogens is 1. The Hall–Kier alpha value is -3.62. The normalized spacial score (nSPS) is 10.4. The first kappa shape index (κ1) is 23.1. The van der Waals surface area contributed by atoms with E-state index in [1.54, 1.807) is 48.5 Å². The number of carboxylic acids is 2. The van der Waals surface area contributed by atoms with Gasteiger partial charge in [-0.25, -0.2) is 9.59 Å². The predicted molar refractivity (Wildman–Crippen MR) is 121 cm³/mol. The fourth-order valence-corrected chi connectivity index (χ4v) is 3.82. The zero-order chi connectivity index (χ0) is 23.3. The summed E-state index contributed by atoms with van der Waals surface area (Å²) < 4.78 is 0. The number of benzene rings is 3. The minimum absolute atomic E-state index is 0.107. The largest absolute Gasteiger partial charge is 0.478 e. The quantitative estimate of drug-likeness (QED) is 0.315. The Balaban J connectivity index is 1.66. The Morgan fingerprint density at radius 3 is 2.12 bits per heavy atom. The molecule has 0 unspecified atom stereocenters. The molecule has 3 N–H and O–H groups in total. The summed E-state index contributed by atoms with van der Waals surface area (Å²) in [6.07, 6.45) is 0. The van der Waals surface area contributed by atoms with Crippen LogP contribution in [-0.4, -0.2) is 39.6 Å². The number of carbonyl (C=O) groups is 4. The van der Waals surface area contributed by atoms with E-state index in [1.165, 1.54) is 17.8 Å². The molecule has 0 saturated heterocycles. The van der Waals surface area contributed by atoms with Crippen LogP contribution in [0, 0.1) is 0 Å². The highest BCUT2D eigenvalue weighted by Crippen LogP contribution is 2.24. The van der Waals surface area contributed by atoms with Crippen molar-refractivity contribution in [3.05, 3.63) is 94.0 Å². The van der Waals surface area contributed by atoms with Crippen LogP contribution in [-0.2, 0) is 0 Å². The van der Waals surface area contributed by atoms with Crippen LogP contribution >= 0.6 is 23.4 Å². The molecule has 0 saturated carbocycles. The van der Waals surface area contributed by atoms with E-state index in [4.69, 9.17) is 16.7 Å². The van der Waals surface area contributed by atoms with Gasteiger partial charge in [-0.3, -0.25) is 9.59 Å². The van der Waals surface area contributed by atoms with Crippen molar-refractivity contribution in [1.29, 1.82) is 0 Å². The van der Waals surface area contributed by atoms with Gasteiger partial charge in [0.2, 0.25) is 0 Å². The minimum atomic E-state index is -1.41. The van der Waals surface area contributed by atoms with Gasteiger partial charge in [-0.05, 0) is 54.6 Å². The highest BCUT2D eigenvalue weighted by Gasteiger charge is 2.19. The van der Waals surface area contributed by atoms with E-state index in [-0.39, 0.29) is 22.7 Å². The molecule has 7 nitrogen and oxygen atoms in total. The van der Waals surface area contributed by atoms with Crippen LogP contribution in [0.15, 0.2) is 71.6 Å². The van der Waals surface area contributed by atoms with E-state index >= 15 is 0 Å². The lowest BCUT2D eigenvalue weighted by Crippen LogP contribution is -2.17. The first-order chi connectivity index (χ1) is 15.3. The van der Waals surface area contributed by atoms with Gasteiger partial charge in [0, 0.05) is 16.1 Å². The molecule has 0 heterocycles. The summed E-state index contributed by atoms with van der Waals surface area (Å²) >= 11 is 7.35. The molecule has 0 bridgehead atoms. The summed E-state index contributed by atoms with van der Waals surface area (Å²) in [4.78, 5) is 48.1. The van der Waals surface area contributed by atoms with E-state index in [9.17, 15) is 24.3 Å². The molecule has 3 aromatic rings. The van der Waals surface area contributed by atoms with Gasteiger partial charge >= 0.3 is 11.9 Å². The number of nitrogens with one attached hydrogen (secondary N) is 1. The van der Waals surface area contributed by atoms with Crippen molar-refractivity contribution < 1.29 is 29.4 Å². The van der Waals surface area contributed by atoms with E-state index in [0.29, 0.717) is 16.3 Å². The van der Waals surface area contributed by atoms with Gasteiger partial charge in [0.05, 0.1) is 27.5 Å². The Kier molecular flexibility index (Phi) is 7.29.